The Bertz CT molecular complexity index is 575. The Morgan fingerprint density at radius 3 is 2.48 bits per heavy atom. The third kappa shape index (κ3) is 5.19. The van der Waals surface area contributed by atoms with Crippen molar-refractivity contribution in [3.8, 4) is 0 Å². The molecule has 0 radical (unpaired) electrons. The molecule has 2 rings (SSSR count). The smallest absolute Gasteiger partial charge is 0.314 e. The Hall–Kier alpha value is -1.59. The van der Waals surface area contributed by atoms with E-state index in [9.17, 15) is 9.90 Å². The van der Waals surface area contributed by atoms with Crippen LogP contribution in [0.2, 0.25) is 0 Å². The van der Waals surface area contributed by atoms with E-state index in [1.54, 1.807) is 0 Å². The van der Waals surface area contributed by atoms with Crippen LogP contribution < -0.4 is 10.6 Å². The van der Waals surface area contributed by atoms with Gasteiger partial charge in [0.2, 0.25) is 0 Å². The minimum absolute atomic E-state index is 0.0937. The summed E-state index contributed by atoms with van der Waals surface area (Å²) in [5, 5.41) is 15.8. The number of rotatable bonds is 5. The second kappa shape index (κ2) is 8.19. The van der Waals surface area contributed by atoms with Gasteiger partial charge in [-0.05, 0) is 36.3 Å². The maximum absolute atomic E-state index is 12.2. The third-order valence-corrected chi connectivity index (χ3v) is 5.21. The molecule has 1 fully saturated rings. The van der Waals surface area contributed by atoms with Gasteiger partial charge in [0.1, 0.15) is 0 Å². The number of aryl methyl sites for hydroxylation is 1. The van der Waals surface area contributed by atoms with Gasteiger partial charge in [-0.15, -0.1) is 0 Å². The summed E-state index contributed by atoms with van der Waals surface area (Å²) in [4.78, 5) is 12.2. The number of amides is 2. The van der Waals surface area contributed by atoms with E-state index in [2.05, 4.69) is 35.8 Å². The lowest BCUT2D eigenvalue weighted by Crippen LogP contribution is -2.49. The molecule has 3 N–H and O–H groups in total. The van der Waals surface area contributed by atoms with Gasteiger partial charge < -0.3 is 20.5 Å². The van der Waals surface area contributed by atoms with Crippen molar-refractivity contribution in [2.75, 3.05) is 26.3 Å². The van der Waals surface area contributed by atoms with Crippen LogP contribution in [0.25, 0.3) is 0 Å². The highest BCUT2D eigenvalue weighted by atomic mass is 16.5. The van der Waals surface area contributed by atoms with Crippen LogP contribution in [-0.4, -0.2) is 43.5 Å². The maximum atomic E-state index is 12.2. The highest BCUT2D eigenvalue weighted by Gasteiger charge is 2.36. The molecule has 25 heavy (non-hydrogen) atoms. The molecule has 1 heterocycles. The van der Waals surface area contributed by atoms with Gasteiger partial charge in [0.15, 0.2) is 0 Å². The van der Waals surface area contributed by atoms with Gasteiger partial charge in [-0.1, -0.05) is 45.0 Å². The van der Waals surface area contributed by atoms with Crippen molar-refractivity contribution in [3.63, 3.8) is 0 Å². The first-order valence-corrected chi connectivity index (χ1v) is 9.08. The van der Waals surface area contributed by atoms with Crippen LogP contribution in [0.4, 0.5) is 4.79 Å². The summed E-state index contributed by atoms with van der Waals surface area (Å²) in [6.45, 7) is 10.2. The second-order valence-corrected chi connectivity index (χ2v) is 8.15. The summed E-state index contributed by atoms with van der Waals surface area (Å²) in [7, 11) is 0. The minimum Gasteiger partial charge on any atom is -0.391 e. The van der Waals surface area contributed by atoms with Crippen molar-refractivity contribution in [2.24, 2.45) is 5.41 Å². The molecule has 1 unspecified atom stereocenters. The Labute approximate surface area is 151 Å². The van der Waals surface area contributed by atoms with Gasteiger partial charge >= 0.3 is 6.03 Å². The standard InChI is InChI=1S/C20H32N2O3/c1-15-7-5-6-8-16(15)20(9-11-25-12-10-20)14-22-18(24)21-13-17(23)19(2,3)4/h5-8,17,23H,9-14H2,1-4H3,(H2,21,22,24). The number of nitrogens with one attached hydrogen (secondary N) is 2. The number of aliphatic hydroxyl groups is 1. The van der Waals surface area contributed by atoms with Crippen LogP contribution in [0.15, 0.2) is 24.3 Å². The molecule has 5 heteroatoms. The van der Waals surface area contributed by atoms with Crippen LogP contribution in [0.5, 0.6) is 0 Å². The summed E-state index contributed by atoms with van der Waals surface area (Å²) in [6.07, 6.45) is 1.21. The van der Waals surface area contributed by atoms with Crippen LogP contribution in [0, 0.1) is 12.3 Å². The van der Waals surface area contributed by atoms with Gasteiger partial charge in [-0.25, -0.2) is 4.79 Å². The van der Waals surface area contributed by atoms with Crippen molar-refractivity contribution >= 4 is 6.03 Å². The molecule has 1 aromatic rings. The zero-order chi connectivity index (χ0) is 18.5. The zero-order valence-electron chi connectivity index (χ0n) is 15.9. The summed E-state index contributed by atoms with van der Waals surface area (Å²) in [6, 6.07) is 8.14. The minimum atomic E-state index is -0.577. The fourth-order valence-electron chi connectivity index (χ4n) is 3.28. The van der Waals surface area contributed by atoms with E-state index in [1.165, 1.54) is 11.1 Å². The fraction of sp³-hybridized carbons (Fsp3) is 0.650. The molecule has 2 amide bonds. The lowest BCUT2D eigenvalue weighted by molar-refractivity contribution is 0.0499. The predicted octanol–water partition coefficient (Wildman–Crippen LogP) is 2.75. The van der Waals surface area contributed by atoms with Gasteiger partial charge in [0.25, 0.3) is 0 Å². The van der Waals surface area contributed by atoms with Gasteiger partial charge in [-0.2, -0.15) is 0 Å². The first kappa shape index (κ1) is 19.7. The largest absolute Gasteiger partial charge is 0.391 e. The van der Waals surface area contributed by atoms with E-state index in [4.69, 9.17) is 4.74 Å². The highest BCUT2D eigenvalue weighted by molar-refractivity contribution is 5.74. The Balaban J connectivity index is 1.99. The highest BCUT2D eigenvalue weighted by Crippen LogP contribution is 2.36. The van der Waals surface area contributed by atoms with Crippen LogP contribution >= 0.6 is 0 Å². The second-order valence-electron chi connectivity index (χ2n) is 8.15. The molecule has 1 aromatic carbocycles. The Morgan fingerprint density at radius 1 is 1.24 bits per heavy atom. The molecular weight excluding hydrogens is 316 g/mol. The number of aliphatic hydroxyl groups excluding tert-OH is 1. The zero-order valence-corrected chi connectivity index (χ0v) is 15.9. The van der Waals surface area contributed by atoms with E-state index in [0.29, 0.717) is 19.8 Å². The van der Waals surface area contributed by atoms with Crippen molar-refractivity contribution in [1.29, 1.82) is 0 Å². The number of hydrogen-bond acceptors (Lipinski definition) is 3. The molecule has 0 spiro atoms. The summed E-state index contributed by atoms with van der Waals surface area (Å²) >= 11 is 0. The summed E-state index contributed by atoms with van der Waals surface area (Å²) < 4.78 is 5.55. The monoisotopic (exact) mass is 348 g/mol. The predicted molar refractivity (Wildman–Crippen MR) is 99.8 cm³/mol. The molecule has 0 aromatic heterocycles. The lowest BCUT2D eigenvalue weighted by Gasteiger charge is -2.39. The van der Waals surface area contributed by atoms with E-state index < -0.39 is 6.10 Å². The van der Waals surface area contributed by atoms with Crippen LogP contribution in [0.1, 0.15) is 44.7 Å². The SMILES string of the molecule is Cc1ccccc1C1(CNC(=O)NCC(O)C(C)(C)C)CCOCC1. The quantitative estimate of drug-likeness (QED) is 0.766. The molecular formula is C20H32N2O3. The molecule has 0 saturated carbocycles. The molecule has 0 bridgehead atoms. The Morgan fingerprint density at radius 2 is 1.88 bits per heavy atom. The molecule has 1 saturated heterocycles. The number of carbonyl (C=O) groups excluding carboxylic acids is 1. The molecule has 1 aliphatic heterocycles. The fourth-order valence-corrected chi connectivity index (χ4v) is 3.28. The average molecular weight is 348 g/mol. The molecule has 0 aliphatic carbocycles. The average Bonchev–Trinajstić information content (AvgIpc) is 2.58. The van der Waals surface area contributed by atoms with Gasteiger partial charge in [-0.3, -0.25) is 0 Å². The topological polar surface area (TPSA) is 70.6 Å². The number of ether oxygens (including phenoxy) is 1. The van der Waals surface area contributed by atoms with Crippen molar-refractivity contribution in [1.82, 2.24) is 10.6 Å². The normalized spacial score (nSPS) is 18.4. The first-order valence-electron chi connectivity index (χ1n) is 9.08. The molecule has 140 valence electrons. The van der Waals surface area contributed by atoms with E-state index in [-0.39, 0.29) is 23.4 Å². The van der Waals surface area contributed by atoms with Crippen LogP contribution in [-0.2, 0) is 10.2 Å². The van der Waals surface area contributed by atoms with Gasteiger partial charge in [0.05, 0.1) is 6.10 Å². The molecule has 5 nitrogen and oxygen atoms in total. The maximum Gasteiger partial charge on any atom is 0.314 e. The Kier molecular flexibility index (Phi) is 6.47. The number of urea groups is 1. The summed E-state index contributed by atoms with van der Waals surface area (Å²) in [5.41, 5.74) is 2.18. The lowest BCUT2D eigenvalue weighted by atomic mass is 9.72. The third-order valence-electron chi connectivity index (χ3n) is 5.21. The first-order chi connectivity index (χ1) is 11.7. The summed E-state index contributed by atoms with van der Waals surface area (Å²) in [5.74, 6) is 0. The van der Waals surface area contributed by atoms with Crippen molar-refractivity contribution in [2.45, 2.75) is 52.1 Å². The molecule has 1 atom stereocenters. The molecule has 1 aliphatic rings. The number of benzene rings is 1. The van der Waals surface area contributed by atoms with E-state index >= 15 is 0 Å². The van der Waals surface area contributed by atoms with Crippen LogP contribution in [0.3, 0.4) is 0 Å². The van der Waals surface area contributed by atoms with Crippen molar-refractivity contribution < 1.29 is 14.6 Å². The van der Waals surface area contributed by atoms with E-state index in [0.717, 1.165) is 12.8 Å². The van der Waals surface area contributed by atoms with E-state index in [1.807, 2.05) is 26.8 Å². The van der Waals surface area contributed by atoms with Crippen molar-refractivity contribution in [3.05, 3.63) is 35.4 Å². The number of carbonyl (C=O) groups is 1. The van der Waals surface area contributed by atoms with Gasteiger partial charge in [0, 0.05) is 31.7 Å². The number of hydrogen-bond donors (Lipinski definition) is 3.